The highest BCUT2D eigenvalue weighted by Gasteiger charge is 2.09. The second-order valence-electron chi connectivity index (χ2n) is 2.98. The monoisotopic (exact) mass is 184 g/mol. The van der Waals surface area contributed by atoms with Gasteiger partial charge in [0.1, 0.15) is 0 Å². The lowest BCUT2D eigenvalue weighted by atomic mass is 10.1. The first-order valence-electron chi connectivity index (χ1n) is 4.55. The molecule has 0 saturated heterocycles. The Morgan fingerprint density at radius 1 is 1.08 bits per heavy atom. The van der Waals surface area contributed by atoms with Crippen LogP contribution in [0.1, 0.15) is 54.4 Å². The van der Waals surface area contributed by atoms with E-state index in [9.17, 15) is 0 Å². The van der Waals surface area contributed by atoms with E-state index in [1.54, 1.807) is 6.08 Å². The second-order valence-corrected chi connectivity index (χ2v) is 2.98. The van der Waals surface area contributed by atoms with Crippen molar-refractivity contribution in [3.63, 3.8) is 0 Å². The van der Waals surface area contributed by atoms with Crippen molar-refractivity contribution >= 4 is 0 Å². The first kappa shape index (κ1) is 18.3. The van der Waals surface area contributed by atoms with Gasteiger partial charge in [0.2, 0.25) is 0 Å². The third-order valence-electron chi connectivity index (χ3n) is 1.86. The first-order valence-corrected chi connectivity index (χ1v) is 4.55. The van der Waals surface area contributed by atoms with Gasteiger partial charge < -0.3 is 0 Å². The van der Waals surface area contributed by atoms with Crippen molar-refractivity contribution in [2.24, 2.45) is 5.92 Å². The van der Waals surface area contributed by atoms with Gasteiger partial charge in [-0.2, -0.15) is 0 Å². The Labute approximate surface area is 85.8 Å². The summed E-state index contributed by atoms with van der Waals surface area (Å²) in [7, 11) is 0. The Balaban J connectivity index is -0.000000180. The molecule has 0 unspecified atom stereocenters. The molecule has 0 aromatic carbocycles. The molecule has 13 heavy (non-hydrogen) atoms. The van der Waals surface area contributed by atoms with E-state index in [1.165, 1.54) is 25.7 Å². The fourth-order valence-electron chi connectivity index (χ4n) is 1.42. The minimum atomic E-state index is 0. The Bertz CT molecular complexity index is 105. The number of allylic oxidation sites excluding steroid dienone is 3. The summed E-state index contributed by atoms with van der Waals surface area (Å²) in [6.45, 7) is 7.36. The van der Waals surface area contributed by atoms with Crippen molar-refractivity contribution in [3.8, 4) is 0 Å². The third-order valence-corrected chi connectivity index (χ3v) is 1.86. The summed E-state index contributed by atoms with van der Waals surface area (Å²) in [4.78, 5) is 0. The minimum Gasteiger partial charge on any atom is -0.103 e. The van der Waals surface area contributed by atoms with E-state index in [0.717, 1.165) is 5.92 Å². The highest BCUT2D eigenvalue weighted by molar-refractivity contribution is 4.87. The van der Waals surface area contributed by atoms with Crippen molar-refractivity contribution in [2.75, 3.05) is 0 Å². The van der Waals surface area contributed by atoms with Gasteiger partial charge in [0.15, 0.2) is 0 Å². The van der Waals surface area contributed by atoms with Crippen LogP contribution in [0.15, 0.2) is 24.8 Å². The molecular weight excluding hydrogens is 156 g/mol. The molecular formula is C13H28. The zero-order chi connectivity index (χ0) is 8.53. The van der Waals surface area contributed by atoms with Crippen LogP contribution in [0, 0.1) is 5.92 Å². The maximum atomic E-state index is 3.36. The van der Waals surface area contributed by atoms with Gasteiger partial charge >= 0.3 is 0 Å². The van der Waals surface area contributed by atoms with Gasteiger partial charge in [-0.25, -0.2) is 0 Å². The molecule has 1 saturated carbocycles. The molecule has 0 amide bonds. The van der Waals surface area contributed by atoms with E-state index in [-0.39, 0.29) is 14.9 Å². The van der Waals surface area contributed by atoms with Crippen LogP contribution in [0.3, 0.4) is 0 Å². The number of hydrogen-bond donors (Lipinski definition) is 0. The summed E-state index contributed by atoms with van der Waals surface area (Å²) >= 11 is 0. The maximum absolute atomic E-state index is 3.36. The molecule has 0 spiro atoms. The molecule has 0 N–H and O–H groups in total. The van der Waals surface area contributed by atoms with Gasteiger partial charge in [0.05, 0.1) is 0 Å². The fraction of sp³-hybridized carbons (Fsp3) is 0.692. The molecule has 1 aliphatic rings. The van der Waals surface area contributed by atoms with Crippen LogP contribution < -0.4 is 0 Å². The quantitative estimate of drug-likeness (QED) is 0.490. The van der Waals surface area contributed by atoms with Gasteiger partial charge in [-0.15, -0.1) is 6.58 Å². The summed E-state index contributed by atoms with van der Waals surface area (Å²) in [5.41, 5.74) is 0. The minimum absolute atomic E-state index is 0. The molecule has 80 valence electrons. The van der Waals surface area contributed by atoms with Crippen LogP contribution in [0.4, 0.5) is 0 Å². The average molecular weight is 184 g/mol. The lowest BCUT2D eigenvalue weighted by Gasteiger charge is -1.96. The molecule has 0 heteroatoms. The van der Waals surface area contributed by atoms with Crippen molar-refractivity contribution in [3.05, 3.63) is 24.8 Å². The van der Waals surface area contributed by atoms with Crippen LogP contribution >= 0.6 is 0 Å². The Morgan fingerprint density at radius 2 is 1.46 bits per heavy atom. The normalized spacial score (nSPS) is 15.2. The average Bonchev–Trinajstić information content (AvgIpc) is 2.42. The van der Waals surface area contributed by atoms with E-state index < -0.39 is 0 Å². The summed E-state index contributed by atoms with van der Waals surface area (Å²) in [6, 6.07) is 0. The van der Waals surface area contributed by atoms with Gasteiger partial charge in [-0.3, -0.25) is 0 Å². The van der Waals surface area contributed by atoms with Crippen LogP contribution in [0.5, 0.6) is 0 Å². The molecule has 0 heterocycles. The third kappa shape index (κ3) is 11.5. The molecule has 0 aromatic heterocycles. The fourth-order valence-corrected chi connectivity index (χ4v) is 1.42. The first-order chi connectivity index (χ1) is 5.35. The molecule has 0 aromatic rings. The van der Waals surface area contributed by atoms with E-state index >= 15 is 0 Å². The van der Waals surface area contributed by atoms with Crippen LogP contribution in [0.25, 0.3) is 0 Å². The highest BCUT2D eigenvalue weighted by Crippen LogP contribution is 2.25. The van der Waals surface area contributed by atoms with Crippen molar-refractivity contribution < 1.29 is 0 Å². The predicted molar refractivity (Wildman–Crippen MR) is 66.1 cm³/mol. The number of hydrogen-bond acceptors (Lipinski definition) is 0. The zero-order valence-corrected chi connectivity index (χ0v) is 7.84. The highest BCUT2D eigenvalue weighted by atomic mass is 14.2. The van der Waals surface area contributed by atoms with Crippen LogP contribution in [-0.4, -0.2) is 0 Å². The standard InChI is InChI=1S/C8H14.C3H6.2CH4/c1-2-5-8-6-3-4-7-8;1-3-2;;/h2,5,8H,3-4,6-7H2,1H3;3H,1H2,2H3;2*1H4/b5-2+;;;. The zero-order valence-electron chi connectivity index (χ0n) is 7.84. The summed E-state index contributed by atoms with van der Waals surface area (Å²) in [6.07, 6.45) is 12.0. The van der Waals surface area contributed by atoms with Crippen LogP contribution in [-0.2, 0) is 0 Å². The van der Waals surface area contributed by atoms with Crippen LogP contribution in [0.2, 0.25) is 0 Å². The predicted octanol–water partition coefficient (Wildman–Crippen LogP) is 5.22. The van der Waals surface area contributed by atoms with Gasteiger partial charge in [0.25, 0.3) is 0 Å². The smallest absolute Gasteiger partial charge is 0.0234 e. The molecule has 0 nitrogen and oxygen atoms in total. The Morgan fingerprint density at radius 3 is 1.77 bits per heavy atom. The number of rotatable bonds is 1. The van der Waals surface area contributed by atoms with E-state index in [0.29, 0.717) is 0 Å². The van der Waals surface area contributed by atoms with E-state index in [4.69, 9.17) is 0 Å². The molecule has 1 aliphatic carbocycles. The Hall–Kier alpha value is -0.520. The molecule has 0 bridgehead atoms. The van der Waals surface area contributed by atoms with E-state index in [2.05, 4.69) is 25.7 Å². The van der Waals surface area contributed by atoms with Gasteiger partial charge in [-0.05, 0) is 32.6 Å². The van der Waals surface area contributed by atoms with Gasteiger partial charge in [-0.1, -0.05) is 45.9 Å². The lowest BCUT2D eigenvalue weighted by molar-refractivity contribution is 0.685. The SMILES string of the molecule is C.C.C/C=C/C1CCCC1.C=CC. The molecule has 0 aliphatic heterocycles. The van der Waals surface area contributed by atoms with Crippen molar-refractivity contribution in [1.82, 2.24) is 0 Å². The molecule has 1 rings (SSSR count). The van der Waals surface area contributed by atoms with Crippen molar-refractivity contribution in [2.45, 2.75) is 54.4 Å². The Kier molecular flexibility index (Phi) is 19.8. The molecule has 0 radical (unpaired) electrons. The van der Waals surface area contributed by atoms with Gasteiger partial charge in [0, 0.05) is 0 Å². The largest absolute Gasteiger partial charge is 0.103 e. The van der Waals surface area contributed by atoms with Crippen molar-refractivity contribution in [1.29, 1.82) is 0 Å². The summed E-state index contributed by atoms with van der Waals surface area (Å²) in [5, 5.41) is 0. The topological polar surface area (TPSA) is 0 Å². The summed E-state index contributed by atoms with van der Waals surface area (Å²) in [5.74, 6) is 0.931. The maximum Gasteiger partial charge on any atom is -0.0234 e. The van der Waals surface area contributed by atoms with E-state index in [1.807, 2.05) is 6.92 Å². The second kappa shape index (κ2) is 14.0. The molecule has 0 atom stereocenters. The molecule has 1 fully saturated rings. The lowest BCUT2D eigenvalue weighted by Crippen LogP contribution is -1.83. The summed E-state index contributed by atoms with van der Waals surface area (Å²) < 4.78 is 0.